The molecule has 0 unspecified atom stereocenters. The summed E-state index contributed by atoms with van der Waals surface area (Å²) < 4.78 is 0. The first kappa shape index (κ1) is 31.7. The fourth-order valence-corrected chi connectivity index (χ4v) is 3.89. The molecule has 0 fully saturated rings. The highest BCUT2D eigenvalue weighted by atomic mass is 16.2. The lowest BCUT2D eigenvalue weighted by molar-refractivity contribution is -0.132. The van der Waals surface area contributed by atoms with Crippen molar-refractivity contribution >= 4 is 29.6 Å². The third-order valence-electron chi connectivity index (χ3n) is 6.01. The summed E-state index contributed by atoms with van der Waals surface area (Å²) in [6.07, 6.45) is 5.35. The number of aliphatic imine (C=N–C) groups is 1. The molecule has 40 heavy (non-hydrogen) atoms. The van der Waals surface area contributed by atoms with Crippen LogP contribution in [-0.2, 0) is 20.8 Å². The van der Waals surface area contributed by atoms with Crippen LogP contribution in [0.15, 0.2) is 59.9 Å². The average Bonchev–Trinajstić information content (AvgIpc) is 2.94. The van der Waals surface area contributed by atoms with Gasteiger partial charge in [0, 0.05) is 30.9 Å². The van der Waals surface area contributed by atoms with Crippen LogP contribution in [0.1, 0.15) is 48.0 Å². The molecule has 4 amide bonds. The van der Waals surface area contributed by atoms with Crippen molar-refractivity contribution in [3.8, 4) is 0 Å². The molecule has 0 aliphatic carbocycles. The van der Waals surface area contributed by atoms with Crippen LogP contribution in [0, 0.1) is 0 Å². The van der Waals surface area contributed by atoms with E-state index in [4.69, 9.17) is 22.9 Å². The molecule has 11 N–H and O–H groups in total. The largest absolute Gasteiger partial charge is 0.370 e. The normalized spacial score (nSPS) is 12.8. The molecular formula is C27H39N9O4. The van der Waals surface area contributed by atoms with E-state index in [9.17, 15) is 19.2 Å². The van der Waals surface area contributed by atoms with E-state index in [-0.39, 0.29) is 31.8 Å². The summed E-state index contributed by atoms with van der Waals surface area (Å²) in [6, 6.07) is 8.92. The van der Waals surface area contributed by atoms with Crippen LogP contribution >= 0.6 is 0 Å². The summed E-state index contributed by atoms with van der Waals surface area (Å²) in [4.78, 5) is 59.5. The van der Waals surface area contributed by atoms with E-state index < -0.39 is 41.8 Å². The zero-order valence-electron chi connectivity index (χ0n) is 22.4. The number of rotatable bonds is 17. The molecule has 0 saturated carbocycles. The molecule has 0 saturated heterocycles. The number of nitrogens with two attached hydrogens (primary N) is 4. The van der Waals surface area contributed by atoms with Gasteiger partial charge in [-0.05, 0) is 62.4 Å². The summed E-state index contributed by atoms with van der Waals surface area (Å²) in [5.74, 6) is -2.40. The molecule has 2 rings (SSSR count). The number of unbranched alkanes of at least 4 members (excludes halogenated alkanes) is 1. The minimum Gasteiger partial charge on any atom is -0.370 e. The topological polar surface area (TPSA) is 234 Å². The van der Waals surface area contributed by atoms with Crippen molar-refractivity contribution < 1.29 is 19.2 Å². The molecule has 3 atom stereocenters. The van der Waals surface area contributed by atoms with Crippen LogP contribution in [-0.4, -0.2) is 65.8 Å². The number of hydrogen-bond acceptors (Lipinski definition) is 7. The van der Waals surface area contributed by atoms with Gasteiger partial charge >= 0.3 is 0 Å². The summed E-state index contributed by atoms with van der Waals surface area (Å²) in [5, 5.41) is 8.11. The third kappa shape index (κ3) is 11.5. The SMILES string of the molecule is NCCCC[C@H](NC(=O)[C@H](CCCN=C(N)N)NC(=O)c1ccccc1)C(=O)N[C@@H](Cc1cccnc1)C(N)=O. The van der Waals surface area contributed by atoms with Crippen molar-refractivity contribution in [2.45, 2.75) is 56.7 Å². The number of carbonyl (C=O) groups is 4. The van der Waals surface area contributed by atoms with Gasteiger partial charge in [-0.1, -0.05) is 24.3 Å². The Hall–Kier alpha value is -4.52. The second-order valence-corrected chi connectivity index (χ2v) is 9.22. The number of pyridine rings is 1. The van der Waals surface area contributed by atoms with Crippen molar-refractivity contribution in [2.24, 2.45) is 27.9 Å². The molecule has 1 aromatic heterocycles. The highest BCUT2D eigenvalue weighted by Gasteiger charge is 2.29. The molecule has 0 aliphatic rings. The molecule has 13 nitrogen and oxygen atoms in total. The second-order valence-electron chi connectivity index (χ2n) is 9.22. The molecule has 1 heterocycles. The molecule has 0 aliphatic heterocycles. The number of hydrogen-bond donors (Lipinski definition) is 7. The van der Waals surface area contributed by atoms with Crippen molar-refractivity contribution in [1.82, 2.24) is 20.9 Å². The summed E-state index contributed by atoms with van der Waals surface area (Å²) in [7, 11) is 0. The lowest BCUT2D eigenvalue weighted by atomic mass is 10.0. The van der Waals surface area contributed by atoms with Gasteiger partial charge in [0.25, 0.3) is 5.91 Å². The third-order valence-corrected chi connectivity index (χ3v) is 6.01. The van der Waals surface area contributed by atoms with Crippen LogP contribution < -0.4 is 38.9 Å². The fourth-order valence-electron chi connectivity index (χ4n) is 3.89. The summed E-state index contributed by atoms with van der Waals surface area (Å²) in [6.45, 7) is 0.663. The van der Waals surface area contributed by atoms with Gasteiger partial charge in [0.15, 0.2) is 5.96 Å². The highest BCUT2D eigenvalue weighted by Crippen LogP contribution is 2.08. The van der Waals surface area contributed by atoms with E-state index in [1.807, 2.05) is 0 Å². The standard InChI is InChI=1S/C27H39N9O4/c28-13-5-4-11-20(26(40)36-22(23(29)37)16-18-8-6-14-32-17-18)35-25(39)21(12-7-15-33-27(30)31)34-24(38)19-9-2-1-3-10-19/h1-3,6,8-10,14,17,20-22H,4-5,7,11-13,15-16,28H2,(H2,29,37)(H,34,38)(H,35,39)(H,36,40)(H4,30,31,33)/t20-,21-,22-/m0/s1. The molecular weight excluding hydrogens is 514 g/mol. The summed E-state index contributed by atoms with van der Waals surface area (Å²) >= 11 is 0. The zero-order valence-corrected chi connectivity index (χ0v) is 22.4. The number of benzene rings is 1. The number of carbonyl (C=O) groups excluding carboxylic acids is 4. The first-order valence-corrected chi connectivity index (χ1v) is 13.1. The first-order chi connectivity index (χ1) is 19.2. The fraction of sp³-hybridized carbons (Fsp3) is 0.407. The zero-order chi connectivity index (χ0) is 29.3. The number of amides is 4. The number of nitrogens with one attached hydrogen (secondary N) is 3. The van der Waals surface area contributed by atoms with Crippen molar-refractivity contribution in [3.05, 3.63) is 66.0 Å². The lowest BCUT2D eigenvalue weighted by Gasteiger charge is -2.25. The number of aromatic nitrogens is 1. The molecule has 216 valence electrons. The van der Waals surface area contributed by atoms with Gasteiger partial charge in [0.1, 0.15) is 18.1 Å². The van der Waals surface area contributed by atoms with Gasteiger partial charge in [-0.3, -0.25) is 29.2 Å². The molecule has 1 aromatic carbocycles. The van der Waals surface area contributed by atoms with Gasteiger partial charge < -0.3 is 38.9 Å². The van der Waals surface area contributed by atoms with Crippen molar-refractivity contribution in [3.63, 3.8) is 0 Å². The van der Waals surface area contributed by atoms with Gasteiger partial charge in [0.05, 0.1) is 0 Å². The first-order valence-electron chi connectivity index (χ1n) is 13.1. The maximum atomic E-state index is 13.4. The Kier molecular flexibility index (Phi) is 13.6. The van der Waals surface area contributed by atoms with Crippen LogP contribution in [0.3, 0.4) is 0 Å². The van der Waals surface area contributed by atoms with Crippen LogP contribution in [0.4, 0.5) is 0 Å². The maximum Gasteiger partial charge on any atom is 0.251 e. The minimum absolute atomic E-state index is 0.0822. The predicted octanol–water partition coefficient (Wildman–Crippen LogP) is -0.940. The van der Waals surface area contributed by atoms with E-state index in [1.165, 1.54) is 0 Å². The number of nitrogens with zero attached hydrogens (tertiary/aromatic N) is 2. The van der Waals surface area contributed by atoms with Crippen LogP contribution in [0.25, 0.3) is 0 Å². The smallest absolute Gasteiger partial charge is 0.251 e. The predicted molar refractivity (Wildman–Crippen MR) is 152 cm³/mol. The Bertz CT molecular complexity index is 1130. The van der Waals surface area contributed by atoms with E-state index in [0.29, 0.717) is 36.9 Å². The van der Waals surface area contributed by atoms with Crippen LogP contribution in [0.2, 0.25) is 0 Å². The van der Waals surface area contributed by atoms with Crippen molar-refractivity contribution in [1.29, 1.82) is 0 Å². The van der Waals surface area contributed by atoms with Crippen LogP contribution in [0.5, 0.6) is 0 Å². The second kappa shape index (κ2) is 17.1. The van der Waals surface area contributed by atoms with E-state index >= 15 is 0 Å². The Balaban J connectivity index is 2.17. The Morgan fingerprint density at radius 1 is 0.800 bits per heavy atom. The molecule has 13 heteroatoms. The molecule has 2 aromatic rings. The highest BCUT2D eigenvalue weighted by molar-refractivity contribution is 5.98. The molecule has 0 radical (unpaired) electrons. The van der Waals surface area contributed by atoms with E-state index in [2.05, 4.69) is 25.9 Å². The monoisotopic (exact) mass is 553 g/mol. The summed E-state index contributed by atoms with van der Waals surface area (Å²) in [5.41, 5.74) is 23.0. The minimum atomic E-state index is -1.02. The lowest BCUT2D eigenvalue weighted by Crippen LogP contribution is -2.56. The van der Waals surface area contributed by atoms with Gasteiger partial charge in [0.2, 0.25) is 17.7 Å². The Morgan fingerprint density at radius 3 is 2.05 bits per heavy atom. The quantitative estimate of drug-likeness (QED) is 0.0731. The average molecular weight is 554 g/mol. The molecule has 0 spiro atoms. The molecule has 0 bridgehead atoms. The number of guanidine groups is 1. The number of primary amides is 1. The maximum absolute atomic E-state index is 13.4. The van der Waals surface area contributed by atoms with E-state index in [1.54, 1.807) is 54.9 Å². The van der Waals surface area contributed by atoms with Crippen molar-refractivity contribution in [2.75, 3.05) is 13.1 Å². The van der Waals surface area contributed by atoms with Gasteiger partial charge in [-0.15, -0.1) is 0 Å². The Morgan fingerprint density at radius 2 is 1.45 bits per heavy atom. The van der Waals surface area contributed by atoms with Gasteiger partial charge in [-0.25, -0.2) is 0 Å². The van der Waals surface area contributed by atoms with Gasteiger partial charge in [-0.2, -0.15) is 0 Å². The van der Waals surface area contributed by atoms with E-state index in [0.717, 1.165) is 0 Å². The Labute approximate surface area is 233 Å².